The van der Waals surface area contributed by atoms with Gasteiger partial charge in [-0.25, -0.2) is 4.98 Å². The number of nitrogens with one attached hydrogen (secondary N) is 1. The number of hydrogen-bond donors (Lipinski definition) is 2. The van der Waals surface area contributed by atoms with Crippen molar-refractivity contribution in [1.82, 2.24) is 14.9 Å². The zero-order valence-corrected chi connectivity index (χ0v) is 10.4. The van der Waals surface area contributed by atoms with Crippen molar-refractivity contribution in [3.63, 3.8) is 0 Å². The first kappa shape index (κ1) is 12.6. The van der Waals surface area contributed by atoms with Crippen molar-refractivity contribution >= 4 is 16.9 Å². The number of fused-ring (bicyclic) bond motifs is 1. The Bertz CT molecular complexity index is 548. The fourth-order valence-corrected chi connectivity index (χ4v) is 2.03. The maximum atomic E-state index is 11.2. The van der Waals surface area contributed by atoms with Crippen LogP contribution in [0.4, 0.5) is 0 Å². The molecule has 96 valence electrons. The molecule has 2 rings (SSSR count). The van der Waals surface area contributed by atoms with Gasteiger partial charge in [0.15, 0.2) is 0 Å². The Labute approximate surface area is 105 Å². The van der Waals surface area contributed by atoms with Crippen LogP contribution in [0.5, 0.6) is 0 Å². The molecular formula is C13H17N3O2. The molecule has 0 fully saturated rings. The van der Waals surface area contributed by atoms with Gasteiger partial charge in [-0.1, -0.05) is 0 Å². The van der Waals surface area contributed by atoms with E-state index < -0.39 is 0 Å². The second kappa shape index (κ2) is 5.64. The summed E-state index contributed by atoms with van der Waals surface area (Å²) < 4.78 is 1.99. The van der Waals surface area contributed by atoms with E-state index in [-0.39, 0.29) is 12.5 Å². The summed E-state index contributed by atoms with van der Waals surface area (Å²) >= 11 is 0. The SMILES string of the molecule is CNC(=O)CCCn1cc(CO)c2cccnc21. The van der Waals surface area contributed by atoms with E-state index in [9.17, 15) is 9.90 Å². The van der Waals surface area contributed by atoms with Crippen LogP contribution in [0.25, 0.3) is 11.0 Å². The van der Waals surface area contributed by atoms with Crippen molar-refractivity contribution in [2.45, 2.75) is 26.0 Å². The highest BCUT2D eigenvalue weighted by molar-refractivity contribution is 5.80. The van der Waals surface area contributed by atoms with E-state index in [0.29, 0.717) is 6.42 Å². The maximum absolute atomic E-state index is 11.2. The number of carbonyl (C=O) groups excluding carboxylic acids is 1. The second-order valence-corrected chi connectivity index (χ2v) is 4.16. The van der Waals surface area contributed by atoms with Crippen molar-refractivity contribution in [3.05, 3.63) is 30.1 Å². The topological polar surface area (TPSA) is 67.2 Å². The number of aryl methyl sites for hydroxylation is 1. The zero-order valence-electron chi connectivity index (χ0n) is 10.4. The summed E-state index contributed by atoms with van der Waals surface area (Å²) in [7, 11) is 1.64. The first-order valence-corrected chi connectivity index (χ1v) is 6.00. The smallest absolute Gasteiger partial charge is 0.219 e. The maximum Gasteiger partial charge on any atom is 0.219 e. The van der Waals surface area contributed by atoms with E-state index in [1.54, 1.807) is 13.2 Å². The standard InChI is InChI=1S/C13H17N3O2/c1-14-12(18)5-3-7-16-8-10(9-17)11-4-2-6-15-13(11)16/h2,4,6,8,17H,3,5,7,9H2,1H3,(H,14,18). The third kappa shape index (κ3) is 2.51. The third-order valence-corrected chi connectivity index (χ3v) is 2.97. The number of aromatic nitrogens is 2. The highest BCUT2D eigenvalue weighted by Gasteiger charge is 2.08. The minimum Gasteiger partial charge on any atom is -0.392 e. The van der Waals surface area contributed by atoms with Gasteiger partial charge < -0.3 is 15.0 Å². The number of aliphatic hydroxyl groups excluding tert-OH is 1. The van der Waals surface area contributed by atoms with Crippen LogP contribution >= 0.6 is 0 Å². The first-order valence-electron chi connectivity index (χ1n) is 6.00. The molecule has 0 spiro atoms. The molecule has 5 nitrogen and oxygen atoms in total. The summed E-state index contributed by atoms with van der Waals surface area (Å²) in [5.41, 5.74) is 1.73. The molecular weight excluding hydrogens is 230 g/mol. The summed E-state index contributed by atoms with van der Waals surface area (Å²) in [4.78, 5) is 15.5. The molecule has 2 N–H and O–H groups in total. The Morgan fingerprint density at radius 3 is 3.11 bits per heavy atom. The fourth-order valence-electron chi connectivity index (χ4n) is 2.03. The van der Waals surface area contributed by atoms with Crippen molar-refractivity contribution in [1.29, 1.82) is 0 Å². The number of amides is 1. The highest BCUT2D eigenvalue weighted by atomic mass is 16.3. The van der Waals surface area contributed by atoms with Crippen LogP contribution in [0.2, 0.25) is 0 Å². The number of pyridine rings is 1. The lowest BCUT2D eigenvalue weighted by Gasteiger charge is -2.03. The Balaban J connectivity index is 2.15. The molecule has 0 radical (unpaired) electrons. The van der Waals surface area contributed by atoms with Crippen molar-refractivity contribution < 1.29 is 9.90 Å². The Morgan fingerprint density at radius 1 is 1.56 bits per heavy atom. The minimum absolute atomic E-state index is 0.00460. The monoisotopic (exact) mass is 247 g/mol. The van der Waals surface area contributed by atoms with Crippen LogP contribution in [0.1, 0.15) is 18.4 Å². The molecule has 5 heteroatoms. The van der Waals surface area contributed by atoms with Crippen LogP contribution < -0.4 is 5.32 Å². The molecule has 0 aliphatic rings. The summed E-state index contributed by atoms with van der Waals surface area (Å²) in [6.45, 7) is 0.728. The predicted octanol–water partition coefficient (Wildman–Crippen LogP) is 1.05. The van der Waals surface area contributed by atoms with Gasteiger partial charge in [-0.05, 0) is 18.6 Å². The van der Waals surface area contributed by atoms with Crippen molar-refractivity contribution in [2.24, 2.45) is 0 Å². The molecule has 2 heterocycles. The Hall–Kier alpha value is -1.88. The summed E-state index contributed by atoms with van der Waals surface area (Å²) in [6.07, 6.45) is 4.89. The van der Waals surface area contributed by atoms with E-state index in [1.165, 1.54) is 0 Å². The predicted molar refractivity (Wildman–Crippen MR) is 69.0 cm³/mol. The molecule has 0 aliphatic heterocycles. The molecule has 0 saturated carbocycles. The third-order valence-electron chi connectivity index (χ3n) is 2.97. The highest BCUT2D eigenvalue weighted by Crippen LogP contribution is 2.19. The quantitative estimate of drug-likeness (QED) is 0.830. The average molecular weight is 247 g/mol. The van der Waals surface area contributed by atoms with E-state index in [0.717, 1.165) is 29.6 Å². The van der Waals surface area contributed by atoms with Crippen LogP contribution in [-0.4, -0.2) is 27.6 Å². The largest absolute Gasteiger partial charge is 0.392 e. The van der Waals surface area contributed by atoms with Gasteiger partial charge in [-0.15, -0.1) is 0 Å². The van der Waals surface area contributed by atoms with E-state index in [1.807, 2.05) is 22.9 Å². The van der Waals surface area contributed by atoms with Gasteiger partial charge in [0.05, 0.1) is 6.61 Å². The van der Waals surface area contributed by atoms with Gasteiger partial charge >= 0.3 is 0 Å². The van der Waals surface area contributed by atoms with Crippen molar-refractivity contribution in [3.8, 4) is 0 Å². The van der Waals surface area contributed by atoms with Crippen LogP contribution in [0, 0.1) is 0 Å². The van der Waals surface area contributed by atoms with E-state index >= 15 is 0 Å². The van der Waals surface area contributed by atoms with Gasteiger partial charge in [0.25, 0.3) is 0 Å². The molecule has 0 unspecified atom stereocenters. The number of nitrogens with zero attached hydrogens (tertiary/aromatic N) is 2. The minimum atomic E-state index is 0.00460. The Kier molecular flexibility index (Phi) is 3.94. The lowest BCUT2D eigenvalue weighted by molar-refractivity contribution is -0.120. The molecule has 0 bridgehead atoms. The molecule has 0 aromatic carbocycles. The van der Waals surface area contributed by atoms with Crippen LogP contribution in [0.3, 0.4) is 0 Å². The molecule has 1 amide bonds. The molecule has 2 aromatic rings. The molecule has 0 atom stereocenters. The first-order chi connectivity index (χ1) is 8.76. The van der Waals surface area contributed by atoms with Gasteiger partial charge in [0.2, 0.25) is 5.91 Å². The lowest BCUT2D eigenvalue weighted by Crippen LogP contribution is -2.17. The van der Waals surface area contributed by atoms with E-state index in [4.69, 9.17) is 0 Å². The van der Waals surface area contributed by atoms with Crippen molar-refractivity contribution in [2.75, 3.05) is 7.05 Å². The van der Waals surface area contributed by atoms with E-state index in [2.05, 4.69) is 10.3 Å². The summed E-state index contributed by atoms with van der Waals surface area (Å²) in [5.74, 6) is 0.0433. The number of rotatable bonds is 5. The van der Waals surface area contributed by atoms with Gasteiger partial charge in [0, 0.05) is 43.4 Å². The number of hydrogen-bond acceptors (Lipinski definition) is 3. The molecule has 0 aliphatic carbocycles. The van der Waals surface area contributed by atoms with Crippen LogP contribution in [0.15, 0.2) is 24.5 Å². The lowest BCUT2D eigenvalue weighted by atomic mass is 10.2. The van der Waals surface area contributed by atoms with Gasteiger partial charge in [0.1, 0.15) is 5.65 Å². The zero-order chi connectivity index (χ0) is 13.0. The van der Waals surface area contributed by atoms with Gasteiger partial charge in [-0.2, -0.15) is 0 Å². The second-order valence-electron chi connectivity index (χ2n) is 4.16. The Morgan fingerprint density at radius 2 is 2.39 bits per heavy atom. The molecule has 2 aromatic heterocycles. The number of carbonyl (C=O) groups is 1. The average Bonchev–Trinajstić information content (AvgIpc) is 2.77. The molecule has 0 saturated heterocycles. The normalized spacial score (nSPS) is 10.8. The number of aliphatic hydroxyl groups is 1. The van der Waals surface area contributed by atoms with Crippen LogP contribution in [-0.2, 0) is 17.9 Å². The summed E-state index contributed by atoms with van der Waals surface area (Å²) in [6, 6.07) is 3.81. The summed E-state index contributed by atoms with van der Waals surface area (Å²) in [5, 5.41) is 12.9. The fraction of sp³-hybridized carbons (Fsp3) is 0.385. The van der Waals surface area contributed by atoms with Gasteiger partial charge in [-0.3, -0.25) is 4.79 Å². The molecule has 18 heavy (non-hydrogen) atoms.